The Hall–Kier alpha value is -1.07. The molecule has 1 aromatic heterocycles. The van der Waals surface area contributed by atoms with Gasteiger partial charge in [-0.05, 0) is 39.3 Å². The minimum Gasteiger partial charge on any atom is -0.456 e. The van der Waals surface area contributed by atoms with Crippen molar-refractivity contribution in [3.8, 4) is 0 Å². The molecule has 1 aliphatic heterocycles. The second-order valence-corrected chi connectivity index (χ2v) is 7.00. The van der Waals surface area contributed by atoms with E-state index in [9.17, 15) is 4.79 Å². The van der Waals surface area contributed by atoms with Crippen molar-refractivity contribution in [3.63, 3.8) is 0 Å². The minimum absolute atomic E-state index is 0.285. The van der Waals surface area contributed by atoms with Gasteiger partial charge in [0.2, 0.25) is 0 Å². The number of thiophene rings is 1. The molecule has 1 aromatic rings. The van der Waals surface area contributed by atoms with Crippen molar-refractivity contribution in [2.24, 2.45) is 0 Å². The zero-order valence-corrected chi connectivity index (χ0v) is 12.9. The second-order valence-electron chi connectivity index (χ2n) is 5.86. The molecule has 2 rings (SSSR count). The van der Waals surface area contributed by atoms with Crippen LogP contribution in [0.5, 0.6) is 0 Å². The molecule has 1 aliphatic rings. The second kappa shape index (κ2) is 5.13. The molecule has 0 unspecified atom stereocenters. The quantitative estimate of drug-likeness (QED) is 0.847. The third-order valence-electron chi connectivity index (χ3n) is 3.21. The van der Waals surface area contributed by atoms with E-state index in [4.69, 9.17) is 10.5 Å². The van der Waals surface area contributed by atoms with Gasteiger partial charge in [0, 0.05) is 18.0 Å². The van der Waals surface area contributed by atoms with Crippen molar-refractivity contribution in [2.75, 3.05) is 18.8 Å². The Labute approximate surface area is 118 Å². The van der Waals surface area contributed by atoms with Crippen LogP contribution < -0.4 is 5.73 Å². The number of esters is 1. The summed E-state index contributed by atoms with van der Waals surface area (Å²) in [5, 5.41) is 0.595. The fourth-order valence-electron chi connectivity index (χ4n) is 2.30. The SMILES string of the molecule is CCN1CCc2c(sc(N)c2C(=O)OC(C)(C)C)C1. The molecule has 0 saturated heterocycles. The van der Waals surface area contributed by atoms with E-state index in [2.05, 4.69) is 11.8 Å². The average Bonchev–Trinajstić information content (AvgIpc) is 2.61. The van der Waals surface area contributed by atoms with Gasteiger partial charge in [0.25, 0.3) is 0 Å². The number of nitrogen functional groups attached to an aromatic ring is 1. The molecule has 0 fully saturated rings. The molecule has 0 aliphatic carbocycles. The van der Waals surface area contributed by atoms with Crippen LogP contribution in [0.1, 0.15) is 48.5 Å². The van der Waals surface area contributed by atoms with Crippen LogP contribution in [-0.4, -0.2) is 29.6 Å². The van der Waals surface area contributed by atoms with E-state index >= 15 is 0 Å². The molecule has 0 bridgehead atoms. The number of hydrogen-bond donors (Lipinski definition) is 1. The van der Waals surface area contributed by atoms with E-state index in [0.717, 1.165) is 31.6 Å². The van der Waals surface area contributed by atoms with Crippen molar-refractivity contribution >= 4 is 22.3 Å². The summed E-state index contributed by atoms with van der Waals surface area (Å²) in [6, 6.07) is 0. The molecule has 106 valence electrons. The first-order valence-corrected chi connectivity index (χ1v) is 7.49. The summed E-state index contributed by atoms with van der Waals surface area (Å²) in [7, 11) is 0. The zero-order valence-electron chi connectivity index (χ0n) is 12.1. The summed E-state index contributed by atoms with van der Waals surface area (Å²) in [6.45, 7) is 10.7. The molecule has 0 amide bonds. The molecule has 0 atom stereocenters. The topological polar surface area (TPSA) is 55.6 Å². The number of ether oxygens (including phenoxy) is 1. The van der Waals surface area contributed by atoms with Gasteiger partial charge in [0.15, 0.2) is 0 Å². The molecular weight excluding hydrogens is 260 g/mol. The van der Waals surface area contributed by atoms with Gasteiger partial charge in [-0.1, -0.05) is 6.92 Å². The predicted molar refractivity (Wildman–Crippen MR) is 78.6 cm³/mol. The van der Waals surface area contributed by atoms with Gasteiger partial charge in [0.05, 0.1) is 5.56 Å². The Morgan fingerprint density at radius 2 is 2.16 bits per heavy atom. The van der Waals surface area contributed by atoms with Crippen LogP contribution in [0.15, 0.2) is 0 Å². The molecule has 0 saturated carbocycles. The lowest BCUT2D eigenvalue weighted by Gasteiger charge is -2.26. The van der Waals surface area contributed by atoms with Gasteiger partial charge in [-0.2, -0.15) is 0 Å². The van der Waals surface area contributed by atoms with Gasteiger partial charge in [-0.3, -0.25) is 4.90 Å². The van der Waals surface area contributed by atoms with Crippen molar-refractivity contribution in [2.45, 2.75) is 46.3 Å². The van der Waals surface area contributed by atoms with Gasteiger partial charge >= 0.3 is 5.97 Å². The summed E-state index contributed by atoms with van der Waals surface area (Å²) >= 11 is 1.53. The van der Waals surface area contributed by atoms with Gasteiger partial charge < -0.3 is 10.5 Å². The van der Waals surface area contributed by atoms with Crippen molar-refractivity contribution < 1.29 is 9.53 Å². The molecule has 2 heterocycles. The molecule has 0 radical (unpaired) electrons. The predicted octanol–water partition coefficient (Wildman–Crippen LogP) is 2.66. The van der Waals surface area contributed by atoms with E-state index < -0.39 is 5.60 Å². The van der Waals surface area contributed by atoms with Crippen LogP contribution in [0.2, 0.25) is 0 Å². The monoisotopic (exact) mass is 282 g/mol. The fraction of sp³-hybridized carbons (Fsp3) is 0.643. The number of likely N-dealkylation sites (N-methyl/N-ethyl adjacent to an activating group) is 1. The number of anilines is 1. The number of rotatable bonds is 2. The van der Waals surface area contributed by atoms with E-state index in [0.29, 0.717) is 10.6 Å². The Morgan fingerprint density at radius 1 is 1.47 bits per heavy atom. The Balaban J connectivity index is 2.28. The molecule has 5 heteroatoms. The molecule has 0 aromatic carbocycles. The normalized spacial score (nSPS) is 16.2. The highest BCUT2D eigenvalue weighted by Gasteiger charge is 2.29. The molecular formula is C14H22N2O2S. The maximum Gasteiger partial charge on any atom is 0.341 e. The fourth-order valence-corrected chi connectivity index (χ4v) is 3.45. The number of hydrogen-bond acceptors (Lipinski definition) is 5. The van der Waals surface area contributed by atoms with Crippen molar-refractivity contribution in [1.29, 1.82) is 0 Å². The minimum atomic E-state index is -0.484. The third-order valence-corrected chi connectivity index (χ3v) is 4.26. The molecule has 0 spiro atoms. The number of carbonyl (C=O) groups is 1. The smallest absolute Gasteiger partial charge is 0.341 e. The van der Waals surface area contributed by atoms with Crippen molar-refractivity contribution in [3.05, 3.63) is 16.0 Å². The third kappa shape index (κ3) is 3.09. The Morgan fingerprint density at radius 3 is 2.74 bits per heavy atom. The summed E-state index contributed by atoms with van der Waals surface area (Å²) < 4.78 is 5.46. The van der Waals surface area contributed by atoms with E-state index in [1.165, 1.54) is 16.2 Å². The first-order chi connectivity index (χ1) is 8.81. The van der Waals surface area contributed by atoms with Crippen LogP contribution >= 0.6 is 11.3 Å². The van der Waals surface area contributed by atoms with Gasteiger partial charge in [-0.25, -0.2) is 4.79 Å². The van der Waals surface area contributed by atoms with Crippen LogP contribution in [0, 0.1) is 0 Å². The average molecular weight is 282 g/mol. The first kappa shape index (κ1) is 14.3. The lowest BCUT2D eigenvalue weighted by Crippen LogP contribution is -2.30. The standard InChI is InChI=1S/C14H22N2O2S/c1-5-16-7-6-9-10(8-16)19-12(15)11(9)13(17)18-14(2,3)4/h5-8,15H2,1-4H3. The Bertz CT molecular complexity index is 488. The summed E-state index contributed by atoms with van der Waals surface area (Å²) in [4.78, 5) is 15.8. The van der Waals surface area contributed by atoms with E-state index in [-0.39, 0.29) is 5.97 Å². The lowest BCUT2D eigenvalue weighted by molar-refractivity contribution is 0.00696. The molecule has 4 nitrogen and oxygen atoms in total. The van der Waals surface area contributed by atoms with E-state index in [1.807, 2.05) is 20.8 Å². The largest absolute Gasteiger partial charge is 0.456 e. The first-order valence-electron chi connectivity index (χ1n) is 6.67. The highest BCUT2D eigenvalue weighted by Crippen LogP contribution is 2.36. The number of carbonyl (C=O) groups excluding carboxylic acids is 1. The molecule has 2 N–H and O–H groups in total. The van der Waals surface area contributed by atoms with Crippen LogP contribution in [-0.2, 0) is 17.7 Å². The highest BCUT2D eigenvalue weighted by molar-refractivity contribution is 7.16. The van der Waals surface area contributed by atoms with E-state index in [1.54, 1.807) is 0 Å². The summed E-state index contributed by atoms with van der Waals surface area (Å²) in [6.07, 6.45) is 0.880. The van der Waals surface area contributed by atoms with Crippen LogP contribution in [0.4, 0.5) is 5.00 Å². The highest BCUT2D eigenvalue weighted by atomic mass is 32.1. The molecule has 19 heavy (non-hydrogen) atoms. The number of nitrogens with two attached hydrogens (primary N) is 1. The van der Waals surface area contributed by atoms with Gasteiger partial charge in [0.1, 0.15) is 10.6 Å². The Kier molecular flexibility index (Phi) is 3.87. The van der Waals surface area contributed by atoms with Gasteiger partial charge in [-0.15, -0.1) is 11.3 Å². The number of nitrogens with zero attached hydrogens (tertiary/aromatic N) is 1. The number of fused-ring (bicyclic) bond motifs is 1. The summed E-state index contributed by atoms with van der Waals surface area (Å²) in [5.41, 5.74) is 7.24. The summed E-state index contributed by atoms with van der Waals surface area (Å²) in [5.74, 6) is -0.285. The van der Waals surface area contributed by atoms with Crippen LogP contribution in [0.3, 0.4) is 0 Å². The van der Waals surface area contributed by atoms with Crippen LogP contribution in [0.25, 0.3) is 0 Å². The zero-order chi connectivity index (χ0) is 14.2. The maximum absolute atomic E-state index is 12.3. The maximum atomic E-state index is 12.3. The lowest BCUT2D eigenvalue weighted by atomic mass is 10.0. The van der Waals surface area contributed by atoms with Crippen molar-refractivity contribution in [1.82, 2.24) is 4.90 Å².